The fraction of sp³-hybridized carbons (Fsp3) is 0.188. The van der Waals surface area contributed by atoms with E-state index < -0.39 is 0 Å². The molecule has 0 atom stereocenters. The van der Waals surface area contributed by atoms with Gasteiger partial charge in [-0.1, -0.05) is 23.7 Å². The van der Waals surface area contributed by atoms with Gasteiger partial charge < -0.3 is 5.32 Å². The molecule has 0 radical (unpaired) electrons. The Bertz CT molecular complexity index is 794. The molecule has 4 heteroatoms. The molecule has 0 bridgehead atoms. The second-order valence-electron chi connectivity index (χ2n) is 4.99. The zero-order valence-corrected chi connectivity index (χ0v) is 12.4. The van der Waals surface area contributed by atoms with Gasteiger partial charge in [0.25, 0.3) is 0 Å². The topological polar surface area (TPSA) is 24.9 Å². The van der Waals surface area contributed by atoms with E-state index in [9.17, 15) is 0 Å². The van der Waals surface area contributed by atoms with Gasteiger partial charge in [-0.25, -0.2) is 4.98 Å². The molecule has 3 aromatic rings. The molecule has 0 fully saturated rings. The Balaban J connectivity index is 1.90. The number of nitrogens with one attached hydrogen (secondary N) is 1. The monoisotopic (exact) mass is 300 g/mol. The highest BCUT2D eigenvalue weighted by atomic mass is 35.5. The summed E-state index contributed by atoms with van der Waals surface area (Å²) in [6.45, 7) is 1.06. The fourth-order valence-electron chi connectivity index (χ4n) is 2.73. The molecule has 2 nitrogen and oxygen atoms in total. The summed E-state index contributed by atoms with van der Waals surface area (Å²) < 4.78 is 1.19. The summed E-state index contributed by atoms with van der Waals surface area (Å²) in [7, 11) is 0. The first-order valence-electron chi connectivity index (χ1n) is 6.73. The van der Waals surface area contributed by atoms with Crippen LogP contribution in [0, 0.1) is 0 Å². The average molecular weight is 301 g/mol. The lowest BCUT2D eigenvalue weighted by Crippen LogP contribution is -2.12. The number of hydrogen-bond donors (Lipinski definition) is 1. The minimum atomic E-state index is 0.742. The minimum Gasteiger partial charge on any atom is -0.385 e. The molecular weight excluding hydrogens is 288 g/mol. The van der Waals surface area contributed by atoms with Crippen LogP contribution in [0.15, 0.2) is 36.4 Å². The molecule has 100 valence electrons. The van der Waals surface area contributed by atoms with Gasteiger partial charge in [0, 0.05) is 22.8 Å². The fourth-order valence-corrected chi connectivity index (χ4v) is 3.89. The first-order chi connectivity index (χ1) is 9.81. The molecule has 2 heterocycles. The molecule has 0 amide bonds. The highest BCUT2D eigenvalue weighted by Gasteiger charge is 2.16. The minimum absolute atomic E-state index is 0.742. The lowest BCUT2D eigenvalue weighted by atomic mass is 9.98. The maximum absolute atomic E-state index is 6.04. The maximum Gasteiger partial charge on any atom is 0.124 e. The van der Waals surface area contributed by atoms with E-state index in [0.29, 0.717) is 0 Å². The van der Waals surface area contributed by atoms with Gasteiger partial charge in [-0.2, -0.15) is 0 Å². The molecule has 20 heavy (non-hydrogen) atoms. The van der Waals surface area contributed by atoms with Crippen molar-refractivity contribution in [2.75, 3.05) is 11.9 Å². The predicted molar refractivity (Wildman–Crippen MR) is 86.9 cm³/mol. The molecule has 2 aromatic carbocycles. The highest BCUT2D eigenvalue weighted by Crippen LogP contribution is 2.37. The van der Waals surface area contributed by atoms with Crippen LogP contribution in [0.5, 0.6) is 0 Å². The van der Waals surface area contributed by atoms with Crippen molar-refractivity contribution in [2.24, 2.45) is 0 Å². The first kappa shape index (κ1) is 12.2. The summed E-state index contributed by atoms with van der Waals surface area (Å²) in [4.78, 5) is 4.76. The Morgan fingerprint density at radius 1 is 1.20 bits per heavy atom. The van der Waals surface area contributed by atoms with Gasteiger partial charge >= 0.3 is 0 Å². The summed E-state index contributed by atoms with van der Waals surface area (Å²) in [5.41, 5.74) is 4.89. The number of benzene rings is 2. The van der Waals surface area contributed by atoms with E-state index in [1.54, 1.807) is 11.3 Å². The van der Waals surface area contributed by atoms with Crippen LogP contribution in [0.2, 0.25) is 5.02 Å². The third kappa shape index (κ3) is 1.98. The standard InChI is InChI=1S/C16H13ClN2S/c17-10-6-7-15-14(9-10)19-16(20-15)12-3-1-5-13-11(12)4-2-8-18-13/h1,3,5-7,9,18H,2,4,8H2. The highest BCUT2D eigenvalue weighted by molar-refractivity contribution is 7.21. The van der Waals surface area contributed by atoms with Crippen molar-refractivity contribution >= 4 is 38.8 Å². The Hall–Kier alpha value is -1.58. The summed E-state index contributed by atoms with van der Waals surface area (Å²) in [5.74, 6) is 0. The zero-order chi connectivity index (χ0) is 13.5. The van der Waals surface area contributed by atoms with Gasteiger partial charge in [0.1, 0.15) is 5.01 Å². The second-order valence-corrected chi connectivity index (χ2v) is 6.46. The van der Waals surface area contributed by atoms with Crippen molar-refractivity contribution in [1.29, 1.82) is 0 Å². The predicted octanol–water partition coefficient (Wildman–Crippen LogP) is 4.97. The lowest BCUT2D eigenvalue weighted by molar-refractivity contribution is 0.832. The molecule has 1 aliphatic rings. The molecule has 0 saturated carbocycles. The normalized spacial score (nSPS) is 14.1. The van der Waals surface area contributed by atoms with Crippen molar-refractivity contribution in [3.05, 3.63) is 47.0 Å². The smallest absolute Gasteiger partial charge is 0.124 e. The second kappa shape index (κ2) is 4.76. The van der Waals surface area contributed by atoms with Gasteiger partial charge in [-0.15, -0.1) is 11.3 Å². The Morgan fingerprint density at radius 3 is 3.10 bits per heavy atom. The van der Waals surface area contributed by atoms with E-state index in [0.717, 1.165) is 28.5 Å². The molecule has 1 aliphatic heterocycles. The van der Waals surface area contributed by atoms with E-state index in [2.05, 4.69) is 23.5 Å². The number of nitrogens with zero attached hydrogens (tertiary/aromatic N) is 1. The van der Waals surface area contributed by atoms with Crippen LogP contribution in [0.3, 0.4) is 0 Å². The SMILES string of the molecule is Clc1ccc2sc(-c3cccc4c3CCCN4)nc2c1. The molecule has 0 saturated heterocycles. The van der Waals surface area contributed by atoms with Crippen LogP contribution in [0.4, 0.5) is 5.69 Å². The number of anilines is 1. The third-order valence-electron chi connectivity index (χ3n) is 3.68. The van der Waals surface area contributed by atoms with Crippen LogP contribution in [0.1, 0.15) is 12.0 Å². The molecular formula is C16H13ClN2S. The van der Waals surface area contributed by atoms with Crippen LogP contribution in [-0.2, 0) is 6.42 Å². The molecule has 1 aromatic heterocycles. The van der Waals surface area contributed by atoms with E-state index in [1.165, 1.54) is 27.9 Å². The van der Waals surface area contributed by atoms with Crippen molar-refractivity contribution in [3.8, 4) is 10.6 Å². The number of hydrogen-bond acceptors (Lipinski definition) is 3. The van der Waals surface area contributed by atoms with E-state index in [1.807, 2.05) is 18.2 Å². The summed E-state index contributed by atoms with van der Waals surface area (Å²) in [5, 5.41) is 5.30. The Labute approximate surface area is 126 Å². The lowest BCUT2D eigenvalue weighted by Gasteiger charge is -2.20. The number of fused-ring (bicyclic) bond motifs is 2. The first-order valence-corrected chi connectivity index (χ1v) is 7.93. The van der Waals surface area contributed by atoms with E-state index in [-0.39, 0.29) is 0 Å². The van der Waals surface area contributed by atoms with Gasteiger partial charge in [0.2, 0.25) is 0 Å². The third-order valence-corrected chi connectivity index (χ3v) is 4.98. The number of rotatable bonds is 1. The van der Waals surface area contributed by atoms with Gasteiger partial charge in [-0.05, 0) is 42.7 Å². The summed E-state index contributed by atoms with van der Waals surface area (Å²) in [6.07, 6.45) is 2.30. The maximum atomic E-state index is 6.04. The van der Waals surface area contributed by atoms with Crippen LogP contribution in [0.25, 0.3) is 20.8 Å². The van der Waals surface area contributed by atoms with Gasteiger partial charge in [-0.3, -0.25) is 0 Å². The average Bonchev–Trinajstić information content (AvgIpc) is 2.89. The van der Waals surface area contributed by atoms with Crippen molar-refractivity contribution in [2.45, 2.75) is 12.8 Å². The number of halogens is 1. The van der Waals surface area contributed by atoms with E-state index in [4.69, 9.17) is 16.6 Å². The number of thiazole rings is 1. The summed E-state index contributed by atoms with van der Waals surface area (Å²) in [6, 6.07) is 12.3. The molecule has 4 rings (SSSR count). The van der Waals surface area contributed by atoms with Crippen molar-refractivity contribution < 1.29 is 0 Å². The van der Waals surface area contributed by atoms with Crippen molar-refractivity contribution in [1.82, 2.24) is 4.98 Å². The molecule has 0 spiro atoms. The van der Waals surface area contributed by atoms with Crippen LogP contribution in [-0.4, -0.2) is 11.5 Å². The van der Waals surface area contributed by atoms with Gasteiger partial charge in [0.15, 0.2) is 0 Å². The zero-order valence-electron chi connectivity index (χ0n) is 10.8. The van der Waals surface area contributed by atoms with Gasteiger partial charge in [0.05, 0.1) is 10.2 Å². The largest absolute Gasteiger partial charge is 0.385 e. The quantitative estimate of drug-likeness (QED) is 0.686. The molecule has 0 aliphatic carbocycles. The van der Waals surface area contributed by atoms with E-state index >= 15 is 0 Å². The Morgan fingerprint density at radius 2 is 2.15 bits per heavy atom. The molecule has 1 N–H and O–H groups in total. The molecule has 0 unspecified atom stereocenters. The van der Waals surface area contributed by atoms with Crippen LogP contribution < -0.4 is 5.32 Å². The number of aromatic nitrogens is 1. The Kier molecular flexibility index (Phi) is 2.90. The van der Waals surface area contributed by atoms with Crippen molar-refractivity contribution in [3.63, 3.8) is 0 Å². The van der Waals surface area contributed by atoms with Crippen LogP contribution >= 0.6 is 22.9 Å². The summed E-state index contributed by atoms with van der Waals surface area (Å²) >= 11 is 7.78.